The SMILES string of the molecule is CCC(C)CC(C)NCc1cc(Cl)ccc1Cl. The van der Waals surface area contributed by atoms with E-state index >= 15 is 0 Å². The average molecular weight is 274 g/mol. The van der Waals surface area contributed by atoms with Crippen LogP contribution in [0, 0.1) is 5.92 Å². The second-order valence-electron chi connectivity index (χ2n) is 4.77. The summed E-state index contributed by atoms with van der Waals surface area (Å²) in [6.45, 7) is 7.50. The Morgan fingerprint density at radius 2 is 1.94 bits per heavy atom. The quantitative estimate of drug-likeness (QED) is 0.777. The normalized spacial score (nSPS) is 14.6. The highest BCUT2D eigenvalue weighted by atomic mass is 35.5. The van der Waals surface area contributed by atoms with Gasteiger partial charge in [0.2, 0.25) is 0 Å². The van der Waals surface area contributed by atoms with Crippen molar-refractivity contribution < 1.29 is 0 Å². The van der Waals surface area contributed by atoms with Gasteiger partial charge < -0.3 is 5.32 Å². The van der Waals surface area contributed by atoms with Crippen molar-refractivity contribution >= 4 is 23.2 Å². The first-order valence-electron chi connectivity index (χ1n) is 6.20. The molecule has 3 heteroatoms. The predicted molar refractivity (Wildman–Crippen MR) is 76.8 cm³/mol. The molecule has 2 atom stereocenters. The zero-order valence-corrected chi connectivity index (χ0v) is 12.3. The van der Waals surface area contributed by atoms with Gasteiger partial charge in [-0.25, -0.2) is 0 Å². The van der Waals surface area contributed by atoms with Crippen LogP contribution in [0.3, 0.4) is 0 Å². The molecule has 0 amide bonds. The zero-order valence-electron chi connectivity index (χ0n) is 10.8. The van der Waals surface area contributed by atoms with Crippen molar-refractivity contribution in [1.82, 2.24) is 5.32 Å². The van der Waals surface area contributed by atoms with E-state index in [9.17, 15) is 0 Å². The summed E-state index contributed by atoms with van der Waals surface area (Å²) in [4.78, 5) is 0. The zero-order chi connectivity index (χ0) is 12.8. The summed E-state index contributed by atoms with van der Waals surface area (Å²) < 4.78 is 0. The van der Waals surface area contributed by atoms with Gasteiger partial charge in [-0.15, -0.1) is 0 Å². The summed E-state index contributed by atoms with van der Waals surface area (Å²) in [6, 6.07) is 6.09. The van der Waals surface area contributed by atoms with Gasteiger partial charge in [-0.1, -0.05) is 43.5 Å². The molecule has 0 aliphatic rings. The maximum atomic E-state index is 6.11. The van der Waals surface area contributed by atoms with E-state index in [0.29, 0.717) is 6.04 Å². The minimum absolute atomic E-state index is 0.500. The van der Waals surface area contributed by atoms with Crippen molar-refractivity contribution in [2.24, 2.45) is 5.92 Å². The maximum absolute atomic E-state index is 6.11. The Hall–Kier alpha value is -0.240. The van der Waals surface area contributed by atoms with Gasteiger partial charge in [-0.3, -0.25) is 0 Å². The van der Waals surface area contributed by atoms with Gasteiger partial charge in [0, 0.05) is 22.6 Å². The molecule has 1 rings (SSSR count). The molecule has 17 heavy (non-hydrogen) atoms. The lowest BCUT2D eigenvalue weighted by Crippen LogP contribution is -2.27. The van der Waals surface area contributed by atoms with E-state index in [4.69, 9.17) is 23.2 Å². The van der Waals surface area contributed by atoms with Crippen molar-refractivity contribution in [1.29, 1.82) is 0 Å². The molecule has 0 aromatic heterocycles. The molecule has 1 aromatic carbocycles. The largest absolute Gasteiger partial charge is 0.310 e. The summed E-state index contributed by atoms with van der Waals surface area (Å²) in [5.74, 6) is 0.757. The van der Waals surface area contributed by atoms with E-state index in [2.05, 4.69) is 26.1 Å². The van der Waals surface area contributed by atoms with Gasteiger partial charge in [-0.2, -0.15) is 0 Å². The molecule has 0 bridgehead atoms. The van der Waals surface area contributed by atoms with Gasteiger partial charge in [-0.05, 0) is 43.0 Å². The van der Waals surface area contributed by atoms with Gasteiger partial charge in [0.15, 0.2) is 0 Å². The Balaban J connectivity index is 2.47. The third-order valence-corrected chi connectivity index (χ3v) is 3.71. The van der Waals surface area contributed by atoms with Crippen LogP contribution >= 0.6 is 23.2 Å². The van der Waals surface area contributed by atoms with Gasteiger partial charge >= 0.3 is 0 Å². The van der Waals surface area contributed by atoms with Gasteiger partial charge in [0.1, 0.15) is 0 Å². The third-order valence-electron chi connectivity index (χ3n) is 3.10. The first kappa shape index (κ1) is 14.8. The number of halogens is 2. The number of rotatable bonds is 6. The molecule has 0 fully saturated rings. The highest BCUT2D eigenvalue weighted by Crippen LogP contribution is 2.20. The number of hydrogen-bond donors (Lipinski definition) is 1. The Labute approximate surface area is 115 Å². The fourth-order valence-corrected chi connectivity index (χ4v) is 2.20. The molecular formula is C14H21Cl2N. The lowest BCUT2D eigenvalue weighted by molar-refractivity contribution is 0.412. The molecule has 0 aliphatic heterocycles. The van der Waals surface area contributed by atoms with Crippen LogP contribution in [0.25, 0.3) is 0 Å². The molecule has 1 aromatic rings. The molecular weight excluding hydrogens is 253 g/mol. The summed E-state index contributed by atoms with van der Waals surface area (Å²) >= 11 is 12.1. The lowest BCUT2D eigenvalue weighted by Gasteiger charge is -2.18. The summed E-state index contributed by atoms with van der Waals surface area (Å²) in [5, 5.41) is 5.00. The van der Waals surface area contributed by atoms with Crippen molar-refractivity contribution in [2.75, 3.05) is 0 Å². The molecule has 2 unspecified atom stereocenters. The average Bonchev–Trinajstić information content (AvgIpc) is 2.30. The second kappa shape index (κ2) is 7.25. The van der Waals surface area contributed by atoms with Gasteiger partial charge in [0.25, 0.3) is 0 Å². The molecule has 0 saturated carbocycles. The Kier molecular flexibility index (Phi) is 6.32. The van der Waals surface area contributed by atoms with Crippen LogP contribution < -0.4 is 5.32 Å². The minimum atomic E-state index is 0.500. The lowest BCUT2D eigenvalue weighted by atomic mass is 10.0. The molecule has 0 heterocycles. The van der Waals surface area contributed by atoms with Crippen LogP contribution in [0.2, 0.25) is 10.0 Å². The fraction of sp³-hybridized carbons (Fsp3) is 0.571. The number of hydrogen-bond acceptors (Lipinski definition) is 1. The third kappa shape index (κ3) is 5.29. The maximum Gasteiger partial charge on any atom is 0.0451 e. The van der Waals surface area contributed by atoms with Crippen molar-refractivity contribution in [3.63, 3.8) is 0 Å². The molecule has 1 nitrogen and oxygen atoms in total. The second-order valence-corrected chi connectivity index (χ2v) is 5.61. The topological polar surface area (TPSA) is 12.0 Å². The van der Waals surface area contributed by atoms with E-state index in [1.807, 2.05) is 18.2 Å². The van der Waals surface area contributed by atoms with Crippen LogP contribution in [-0.4, -0.2) is 6.04 Å². The van der Waals surface area contributed by atoms with E-state index in [0.717, 1.165) is 28.1 Å². The van der Waals surface area contributed by atoms with E-state index in [-0.39, 0.29) is 0 Å². The highest BCUT2D eigenvalue weighted by Gasteiger charge is 2.08. The Morgan fingerprint density at radius 1 is 1.24 bits per heavy atom. The molecule has 96 valence electrons. The van der Waals surface area contributed by atoms with E-state index in [1.165, 1.54) is 12.8 Å². The molecule has 1 N–H and O–H groups in total. The smallest absolute Gasteiger partial charge is 0.0451 e. The van der Waals surface area contributed by atoms with Crippen molar-refractivity contribution in [3.8, 4) is 0 Å². The summed E-state index contributed by atoms with van der Waals surface area (Å²) in [5.41, 5.74) is 1.06. The van der Waals surface area contributed by atoms with E-state index in [1.54, 1.807) is 0 Å². The molecule has 0 spiro atoms. The van der Waals surface area contributed by atoms with Crippen LogP contribution in [0.5, 0.6) is 0 Å². The van der Waals surface area contributed by atoms with Crippen LogP contribution in [0.1, 0.15) is 39.2 Å². The number of benzene rings is 1. The highest BCUT2D eigenvalue weighted by molar-refractivity contribution is 6.33. The predicted octanol–water partition coefficient (Wildman–Crippen LogP) is 4.91. The Morgan fingerprint density at radius 3 is 2.59 bits per heavy atom. The van der Waals surface area contributed by atoms with E-state index < -0.39 is 0 Å². The summed E-state index contributed by atoms with van der Waals surface area (Å²) in [7, 11) is 0. The first-order chi connectivity index (χ1) is 8.02. The standard InChI is InChI=1S/C14H21Cl2N/c1-4-10(2)7-11(3)17-9-12-8-13(15)5-6-14(12)16/h5-6,8,10-11,17H,4,7,9H2,1-3H3. The Bertz CT molecular complexity index is 352. The number of nitrogens with one attached hydrogen (secondary N) is 1. The first-order valence-corrected chi connectivity index (χ1v) is 6.95. The van der Waals surface area contributed by atoms with Crippen LogP contribution in [0.15, 0.2) is 18.2 Å². The minimum Gasteiger partial charge on any atom is -0.310 e. The molecule has 0 radical (unpaired) electrons. The van der Waals surface area contributed by atoms with Crippen molar-refractivity contribution in [3.05, 3.63) is 33.8 Å². The van der Waals surface area contributed by atoms with Gasteiger partial charge in [0.05, 0.1) is 0 Å². The molecule has 0 aliphatic carbocycles. The fourth-order valence-electron chi connectivity index (χ4n) is 1.82. The van der Waals surface area contributed by atoms with Crippen LogP contribution in [0.4, 0.5) is 0 Å². The van der Waals surface area contributed by atoms with Crippen molar-refractivity contribution in [2.45, 2.75) is 46.2 Å². The monoisotopic (exact) mass is 273 g/mol. The molecule has 0 saturated heterocycles. The summed E-state index contributed by atoms with van der Waals surface area (Å²) in [6.07, 6.45) is 2.42. The van der Waals surface area contributed by atoms with Crippen LogP contribution in [-0.2, 0) is 6.54 Å².